The summed E-state index contributed by atoms with van der Waals surface area (Å²) in [5, 5.41) is 2.91. The zero-order valence-electron chi connectivity index (χ0n) is 15.1. The number of carbonyl (C=O) groups excluding carboxylic acids is 2. The Labute approximate surface area is 144 Å². The highest BCUT2D eigenvalue weighted by Crippen LogP contribution is 2.13. The Bertz CT molecular complexity index is 567. The number of Topliss-reactive ketones (excluding diaryl/α,β-unsaturated/α-hetero) is 1. The first-order valence-corrected chi connectivity index (χ1v) is 8.55. The van der Waals surface area contributed by atoms with E-state index in [4.69, 9.17) is 4.74 Å². The zero-order valence-corrected chi connectivity index (χ0v) is 15.1. The second-order valence-corrected chi connectivity index (χ2v) is 7.49. The van der Waals surface area contributed by atoms with Gasteiger partial charge >= 0.3 is 6.09 Å². The fourth-order valence-electron chi connectivity index (χ4n) is 2.74. The van der Waals surface area contributed by atoms with E-state index in [1.165, 1.54) is 0 Å². The van der Waals surface area contributed by atoms with E-state index in [1.807, 2.05) is 52.0 Å². The number of nitrogens with zero attached hydrogens (tertiary/aromatic N) is 1. The molecule has 1 N–H and O–H groups in total. The standard InChI is InChI=1S/C19H28N2O3/c1-14-5-7-15(8-6-14)17(22)13-21-11-9-16(10-12-21)20-18(23)24-19(2,3)4/h5-8,16H,9-13H2,1-4H3,(H,20,23). The number of hydrogen-bond acceptors (Lipinski definition) is 4. The maximum absolute atomic E-state index is 12.3. The average Bonchev–Trinajstić information content (AvgIpc) is 2.48. The smallest absolute Gasteiger partial charge is 0.407 e. The first-order chi connectivity index (χ1) is 11.2. The quantitative estimate of drug-likeness (QED) is 0.861. The van der Waals surface area contributed by atoms with Crippen molar-refractivity contribution >= 4 is 11.9 Å². The number of amides is 1. The van der Waals surface area contributed by atoms with Gasteiger partial charge in [0.2, 0.25) is 0 Å². The zero-order chi connectivity index (χ0) is 17.7. The van der Waals surface area contributed by atoms with Crippen LogP contribution in [0.4, 0.5) is 4.79 Å². The first-order valence-electron chi connectivity index (χ1n) is 8.55. The lowest BCUT2D eigenvalue weighted by atomic mass is 10.0. The van der Waals surface area contributed by atoms with Crippen LogP contribution in [0.15, 0.2) is 24.3 Å². The van der Waals surface area contributed by atoms with Crippen LogP contribution in [-0.4, -0.2) is 48.1 Å². The molecule has 0 atom stereocenters. The maximum atomic E-state index is 12.3. The summed E-state index contributed by atoms with van der Waals surface area (Å²) in [6.07, 6.45) is 1.30. The summed E-state index contributed by atoms with van der Waals surface area (Å²) in [4.78, 5) is 26.3. The predicted octanol–water partition coefficient (Wildman–Crippen LogP) is 3.17. The lowest BCUT2D eigenvalue weighted by Crippen LogP contribution is -2.47. The van der Waals surface area contributed by atoms with Gasteiger partial charge in [0, 0.05) is 24.7 Å². The molecule has 1 saturated heterocycles. The topological polar surface area (TPSA) is 58.6 Å². The van der Waals surface area contributed by atoms with Gasteiger partial charge in [-0.15, -0.1) is 0 Å². The van der Waals surface area contributed by atoms with Gasteiger partial charge in [0.1, 0.15) is 5.60 Å². The molecule has 1 aliphatic rings. The number of nitrogens with one attached hydrogen (secondary N) is 1. The van der Waals surface area contributed by atoms with E-state index in [0.29, 0.717) is 6.54 Å². The molecule has 0 unspecified atom stereocenters. The van der Waals surface area contributed by atoms with Crippen molar-refractivity contribution in [2.75, 3.05) is 19.6 Å². The SMILES string of the molecule is Cc1ccc(C(=O)CN2CCC(NC(=O)OC(C)(C)C)CC2)cc1. The van der Waals surface area contributed by atoms with Crippen molar-refractivity contribution in [2.45, 2.75) is 52.2 Å². The summed E-state index contributed by atoms with van der Waals surface area (Å²) < 4.78 is 5.28. The molecule has 132 valence electrons. The summed E-state index contributed by atoms with van der Waals surface area (Å²) in [5.74, 6) is 0.147. The lowest BCUT2D eigenvalue weighted by Gasteiger charge is -2.32. The van der Waals surface area contributed by atoms with Crippen molar-refractivity contribution in [3.63, 3.8) is 0 Å². The summed E-state index contributed by atoms with van der Waals surface area (Å²) in [7, 11) is 0. The Morgan fingerprint density at radius 3 is 2.29 bits per heavy atom. The Morgan fingerprint density at radius 2 is 1.75 bits per heavy atom. The monoisotopic (exact) mass is 332 g/mol. The van der Waals surface area contributed by atoms with Crippen LogP contribution in [0.2, 0.25) is 0 Å². The van der Waals surface area contributed by atoms with Gasteiger partial charge in [0.15, 0.2) is 5.78 Å². The minimum atomic E-state index is -0.481. The van der Waals surface area contributed by atoms with Gasteiger partial charge in [-0.2, -0.15) is 0 Å². The number of rotatable bonds is 4. The minimum Gasteiger partial charge on any atom is -0.444 e. The molecular weight excluding hydrogens is 304 g/mol. The van der Waals surface area contributed by atoms with Crippen molar-refractivity contribution in [3.05, 3.63) is 35.4 Å². The third-order valence-electron chi connectivity index (χ3n) is 4.05. The molecule has 2 rings (SSSR count). The van der Waals surface area contributed by atoms with E-state index < -0.39 is 5.60 Å². The Balaban J connectivity index is 1.75. The number of carbonyl (C=O) groups is 2. The highest BCUT2D eigenvalue weighted by molar-refractivity contribution is 5.97. The van der Waals surface area contributed by atoms with Crippen LogP contribution in [0.3, 0.4) is 0 Å². The molecule has 0 saturated carbocycles. The van der Waals surface area contributed by atoms with E-state index in [9.17, 15) is 9.59 Å². The molecule has 1 aromatic carbocycles. The number of ketones is 1. The van der Waals surface area contributed by atoms with E-state index in [-0.39, 0.29) is 17.9 Å². The van der Waals surface area contributed by atoms with Crippen LogP contribution >= 0.6 is 0 Å². The van der Waals surface area contributed by atoms with Gasteiger partial charge in [-0.1, -0.05) is 29.8 Å². The van der Waals surface area contributed by atoms with Crippen molar-refractivity contribution in [2.24, 2.45) is 0 Å². The van der Waals surface area contributed by atoms with Crippen LogP contribution in [0.1, 0.15) is 49.5 Å². The number of benzene rings is 1. The molecule has 1 amide bonds. The van der Waals surface area contributed by atoms with Crippen molar-refractivity contribution in [1.82, 2.24) is 10.2 Å². The Hall–Kier alpha value is -1.88. The third-order valence-corrected chi connectivity index (χ3v) is 4.05. The molecule has 0 radical (unpaired) electrons. The van der Waals surface area contributed by atoms with Gasteiger partial charge in [-0.25, -0.2) is 4.79 Å². The Kier molecular flexibility index (Phi) is 5.99. The molecule has 0 aromatic heterocycles. The molecule has 1 aliphatic heterocycles. The molecule has 1 aromatic rings. The molecule has 5 heteroatoms. The summed E-state index contributed by atoms with van der Waals surface area (Å²) in [5.41, 5.74) is 1.43. The molecule has 0 spiro atoms. The average molecular weight is 332 g/mol. The number of likely N-dealkylation sites (tertiary alicyclic amines) is 1. The van der Waals surface area contributed by atoms with Gasteiger partial charge in [0.25, 0.3) is 0 Å². The molecule has 1 heterocycles. The number of piperidine rings is 1. The van der Waals surface area contributed by atoms with Gasteiger partial charge in [-0.3, -0.25) is 9.69 Å². The van der Waals surface area contributed by atoms with Gasteiger partial charge < -0.3 is 10.1 Å². The van der Waals surface area contributed by atoms with Crippen molar-refractivity contribution in [1.29, 1.82) is 0 Å². The molecule has 1 fully saturated rings. The van der Waals surface area contributed by atoms with Crippen molar-refractivity contribution < 1.29 is 14.3 Å². The van der Waals surface area contributed by atoms with E-state index in [1.54, 1.807) is 0 Å². The predicted molar refractivity (Wildman–Crippen MR) is 94.3 cm³/mol. The van der Waals surface area contributed by atoms with E-state index >= 15 is 0 Å². The minimum absolute atomic E-state index is 0.116. The second-order valence-electron chi connectivity index (χ2n) is 7.49. The number of alkyl carbamates (subject to hydrolysis) is 1. The van der Waals surface area contributed by atoms with Crippen LogP contribution in [0.25, 0.3) is 0 Å². The fourth-order valence-corrected chi connectivity index (χ4v) is 2.74. The van der Waals surface area contributed by atoms with Crippen LogP contribution in [-0.2, 0) is 4.74 Å². The largest absolute Gasteiger partial charge is 0.444 e. The normalized spacial score (nSPS) is 16.7. The molecule has 24 heavy (non-hydrogen) atoms. The van der Waals surface area contributed by atoms with Crippen molar-refractivity contribution in [3.8, 4) is 0 Å². The molecule has 0 aliphatic carbocycles. The molecular formula is C19H28N2O3. The highest BCUT2D eigenvalue weighted by Gasteiger charge is 2.24. The lowest BCUT2D eigenvalue weighted by molar-refractivity contribution is 0.0476. The van der Waals surface area contributed by atoms with Gasteiger partial charge in [-0.05, 0) is 40.5 Å². The number of ether oxygens (including phenoxy) is 1. The molecule has 0 bridgehead atoms. The summed E-state index contributed by atoms with van der Waals surface area (Å²) in [6, 6.07) is 7.81. The third kappa shape index (κ3) is 5.96. The fraction of sp³-hybridized carbons (Fsp3) is 0.579. The van der Waals surface area contributed by atoms with Crippen LogP contribution in [0.5, 0.6) is 0 Å². The second kappa shape index (κ2) is 7.79. The maximum Gasteiger partial charge on any atom is 0.407 e. The highest BCUT2D eigenvalue weighted by atomic mass is 16.6. The van der Waals surface area contributed by atoms with E-state index in [0.717, 1.165) is 37.1 Å². The summed E-state index contributed by atoms with van der Waals surface area (Å²) in [6.45, 7) is 9.61. The molecule has 5 nitrogen and oxygen atoms in total. The number of aryl methyl sites for hydroxylation is 1. The van der Waals surface area contributed by atoms with Crippen LogP contribution < -0.4 is 5.32 Å². The number of hydrogen-bond donors (Lipinski definition) is 1. The summed E-state index contributed by atoms with van der Waals surface area (Å²) >= 11 is 0. The van der Waals surface area contributed by atoms with Crippen LogP contribution in [0, 0.1) is 6.92 Å². The Morgan fingerprint density at radius 1 is 1.17 bits per heavy atom. The van der Waals surface area contributed by atoms with E-state index in [2.05, 4.69) is 10.2 Å². The first kappa shape index (κ1) is 18.5. The van der Waals surface area contributed by atoms with Gasteiger partial charge in [0.05, 0.1) is 6.54 Å².